The van der Waals surface area contributed by atoms with Gasteiger partial charge in [0.05, 0.1) is 54.5 Å². The monoisotopic (exact) mass is 1130 g/mol. The summed E-state index contributed by atoms with van der Waals surface area (Å²) in [4.78, 5) is 99.7. The summed E-state index contributed by atoms with van der Waals surface area (Å²) in [7, 11) is 5.97. The van der Waals surface area contributed by atoms with Crippen molar-refractivity contribution in [1.82, 2.24) is 25.3 Å². The zero-order valence-electron chi connectivity index (χ0n) is 48.1. The highest BCUT2D eigenvalue weighted by molar-refractivity contribution is 5.93. The van der Waals surface area contributed by atoms with Crippen LogP contribution in [-0.4, -0.2) is 196 Å². The number of carbonyl (C=O) groups is 7. The van der Waals surface area contributed by atoms with E-state index in [-0.39, 0.29) is 48.6 Å². The predicted octanol–water partition coefficient (Wildman–Crippen LogP) is 2.14. The van der Waals surface area contributed by atoms with Gasteiger partial charge in [-0.2, -0.15) is 0 Å². The Morgan fingerprint density at radius 3 is 2.09 bits per heavy atom. The minimum absolute atomic E-state index is 0.0190. The van der Waals surface area contributed by atoms with Crippen LogP contribution in [0.5, 0.6) is 5.75 Å². The van der Waals surface area contributed by atoms with E-state index in [1.165, 1.54) is 44.4 Å². The van der Waals surface area contributed by atoms with Gasteiger partial charge in [-0.15, -0.1) is 0 Å². The van der Waals surface area contributed by atoms with Crippen LogP contribution >= 0.6 is 0 Å². The molecule has 0 aromatic heterocycles. The molecule has 2 heterocycles. The van der Waals surface area contributed by atoms with Gasteiger partial charge < -0.3 is 80.7 Å². The molecule has 15 atom stereocenters. The lowest BCUT2D eigenvalue weighted by atomic mass is 9.89. The number of aliphatic hydroxyl groups excluding tert-OH is 4. The third-order valence-electron chi connectivity index (χ3n) is 15.2. The fraction of sp³-hybridized carbons (Fsp3) is 0.661. The quantitative estimate of drug-likeness (QED) is 0.0589. The first kappa shape index (κ1) is 66.5. The fourth-order valence-electron chi connectivity index (χ4n) is 10.4. The average Bonchev–Trinajstić information content (AvgIpc) is 3.91. The second-order valence-electron chi connectivity index (χ2n) is 21.6. The molecule has 2 aromatic rings. The number of carbonyl (C=O) groups excluding carboxylic acids is 6. The fourth-order valence-corrected chi connectivity index (χ4v) is 10.4. The van der Waals surface area contributed by atoms with Crippen LogP contribution < -0.4 is 26.4 Å². The number of likely N-dealkylation sites (N-methyl/N-ethyl adjacent to an activating group) is 2. The molecule has 6 amide bonds. The number of aliphatic hydroxyl groups is 4. The molecule has 0 bridgehead atoms. The van der Waals surface area contributed by atoms with Gasteiger partial charge in [0.2, 0.25) is 35.8 Å². The maximum atomic E-state index is 14.7. The maximum absolute atomic E-state index is 14.7. The lowest BCUT2D eigenvalue weighted by Gasteiger charge is -2.41. The van der Waals surface area contributed by atoms with Gasteiger partial charge in [0.15, 0.2) is 6.10 Å². The van der Waals surface area contributed by atoms with Gasteiger partial charge in [0.1, 0.15) is 42.8 Å². The number of carboxylic acids is 1. The highest BCUT2D eigenvalue weighted by Gasteiger charge is 2.49. The number of carboxylic acid groups (broad SMARTS) is 1. The van der Waals surface area contributed by atoms with E-state index in [9.17, 15) is 59.1 Å². The van der Waals surface area contributed by atoms with E-state index in [1.54, 1.807) is 65.6 Å². The molecule has 80 heavy (non-hydrogen) atoms. The Bertz CT molecular complexity index is 2380. The number of aliphatic carboxylic acids is 1. The minimum atomic E-state index is -1.97. The summed E-state index contributed by atoms with van der Waals surface area (Å²) in [5.41, 5.74) is 6.50. The largest absolute Gasteiger partial charge is 0.479 e. The van der Waals surface area contributed by atoms with Gasteiger partial charge >= 0.3 is 12.1 Å². The van der Waals surface area contributed by atoms with E-state index in [0.29, 0.717) is 36.9 Å². The molecule has 2 aliphatic heterocycles. The van der Waals surface area contributed by atoms with E-state index in [4.69, 9.17) is 29.4 Å². The second-order valence-corrected chi connectivity index (χ2v) is 21.6. The molecule has 2 aromatic carbocycles. The van der Waals surface area contributed by atoms with Gasteiger partial charge in [-0.1, -0.05) is 91.3 Å². The van der Waals surface area contributed by atoms with Gasteiger partial charge in [-0.25, -0.2) is 9.59 Å². The number of methoxy groups -OCH3 is 2. The summed E-state index contributed by atoms with van der Waals surface area (Å²) >= 11 is 0. The Kier molecular flexibility index (Phi) is 25.5. The summed E-state index contributed by atoms with van der Waals surface area (Å²) < 4.78 is 28.6. The van der Waals surface area contributed by atoms with Gasteiger partial charge in [-0.3, -0.25) is 28.9 Å². The molecular weight excluding hydrogens is 1040 g/mol. The number of anilines is 1. The lowest BCUT2D eigenvalue weighted by molar-refractivity contribution is -0.271. The van der Waals surface area contributed by atoms with Gasteiger partial charge in [0.25, 0.3) is 0 Å². The molecule has 2 aliphatic rings. The molecule has 0 saturated carbocycles. The van der Waals surface area contributed by atoms with Crippen molar-refractivity contribution >= 4 is 47.3 Å². The highest BCUT2D eigenvalue weighted by atomic mass is 16.7. The van der Waals surface area contributed by atoms with E-state index < -0.39 is 133 Å². The Labute approximate surface area is 468 Å². The third kappa shape index (κ3) is 16.8. The van der Waals surface area contributed by atoms with Crippen LogP contribution in [0.25, 0.3) is 0 Å². The number of rotatable bonds is 28. The topological polar surface area (TPSA) is 339 Å². The average molecular weight is 1130 g/mol. The molecule has 0 radical (unpaired) electrons. The third-order valence-corrected chi connectivity index (χ3v) is 15.2. The standard InChI is InChI=1S/C56H87N7O17/c1-13-31(6)44(39(76-11)27-41(65)63-25-17-20-37(63)49(77-12)32(7)51(70)58-33(8)45(66)35-18-15-14-16-19-35)61(9)53(72)42(29(2)3)60-52(71)43(30(4)5)62(10)56(75)78-28-34-21-22-38(36(26-34)59-40(64)23-24-57)79-55-48(69)46(67)47(68)50(80-55)54(73)74/h14-16,18-19,21-22,26,29-33,37,39,42-50,55,66-69H,13,17,20,23-25,27-28,57H2,1-12H3,(H,58,70)(H,59,64)(H,60,71)(H,73,74)/t31-,32+,33+,37-,39?,42-,43-,44-,45+,46-,47-,48+,49+,50-,55+/m0/s1. The van der Waals surface area contributed by atoms with Crippen LogP contribution in [0.1, 0.15) is 105 Å². The number of ether oxygens (including phenoxy) is 5. The number of nitrogens with zero attached hydrogens (tertiary/aromatic N) is 3. The molecule has 0 aliphatic carbocycles. The van der Waals surface area contributed by atoms with Crippen LogP contribution in [0.4, 0.5) is 10.5 Å². The number of amides is 6. The number of hydrogen-bond donors (Lipinski definition) is 9. The summed E-state index contributed by atoms with van der Waals surface area (Å²) in [6.07, 6.45) is -11.3. The minimum Gasteiger partial charge on any atom is -0.479 e. The second kappa shape index (κ2) is 30.7. The lowest BCUT2D eigenvalue weighted by Crippen LogP contribution is -2.61. The van der Waals surface area contributed by atoms with E-state index in [1.807, 2.05) is 32.0 Å². The van der Waals surface area contributed by atoms with Crippen molar-refractivity contribution < 1.29 is 82.8 Å². The molecule has 448 valence electrons. The van der Waals surface area contributed by atoms with Crippen molar-refractivity contribution in [3.8, 4) is 5.75 Å². The van der Waals surface area contributed by atoms with Crippen LogP contribution in [0.15, 0.2) is 48.5 Å². The Morgan fingerprint density at radius 1 is 0.850 bits per heavy atom. The molecule has 2 fully saturated rings. The van der Waals surface area contributed by atoms with Crippen molar-refractivity contribution in [3.63, 3.8) is 0 Å². The maximum Gasteiger partial charge on any atom is 0.410 e. The van der Waals surface area contributed by atoms with Crippen molar-refractivity contribution in [2.24, 2.45) is 29.4 Å². The van der Waals surface area contributed by atoms with Crippen LogP contribution in [-0.2, 0) is 54.3 Å². The molecule has 10 N–H and O–H groups in total. The molecule has 24 nitrogen and oxygen atoms in total. The van der Waals surface area contributed by atoms with E-state index in [0.717, 1.165) is 4.90 Å². The van der Waals surface area contributed by atoms with Crippen molar-refractivity contribution in [1.29, 1.82) is 0 Å². The highest BCUT2D eigenvalue weighted by Crippen LogP contribution is 2.33. The molecular formula is C56H87N7O17. The van der Waals surface area contributed by atoms with Crippen LogP contribution in [0.2, 0.25) is 0 Å². The Hall–Kier alpha value is -5.99. The first-order chi connectivity index (χ1) is 37.7. The number of likely N-dealkylation sites (tertiary alicyclic amines) is 1. The number of nitrogens with two attached hydrogens (primary N) is 1. The van der Waals surface area contributed by atoms with Gasteiger partial charge in [0, 0.05) is 47.8 Å². The molecule has 4 rings (SSSR count). The Balaban J connectivity index is 1.47. The summed E-state index contributed by atoms with van der Waals surface area (Å²) in [6.45, 7) is 14.4. The zero-order chi connectivity index (χ0) is 59.9. The molecule has 24 heteroatoms. The smallest absolute Gasteiger partial charge is 0.410 e. The Morgan fingerprint density at radius 2 is 1.51 bits per heavy atom. The van der Waals surface area contributed by atoms with E-state index >= 15 is 0 Å². The van der Waals surface area contributed by atoms with Gasteiger partial charge in [-0.05, 0) is 60.8 Å². The summed E-state index contributed by atoms with van der Waals surface area (Å²) in [6, 6.07) is 9.20. The molecule has 2 saturated heterocycles. The van der Waals surface area contributed by atoms with Crippen molar-refractivity contribution in [2.45, 2.75) is 173 Å². The molecule has 1 unspecified atom stereocenters. The zero-order valence-corrected chi connectivity index (χ0v) is 48.1. The summed E-state index contributed by atoms with van der Waals surface area (Å²) in [5, 5.41) is 59.8. The first-order valence-corrected chi connectivity index (χ1v) is 27.3. The number of nitrogens with one attached hydrogen (secondary N) is 3. The molecule has 0 spiro atoms. The first-order valence-electron chi connectivity index (χ1n) is 27.3. The normalized spacial score (nSPS) is 22.6. The number of hydrogen-bond acceptors (Lipinski definition) is 17. The van der Waals surface area contributed by atoms with Crippen LogP contribution in [0.3, 0.4) is 0 Å². The summed E-state index contributed by atoms with van der Waals surface area (Å²) in [5.74, 6) is -5.83. The van der Waals surface area contributed by atoms with E-state index in [2.05, 4.69) is 16.0 Å². The SMILES string of the molecule is CC[C@H](C)[C@@H](C(CC(=O)N1CCC[C@H]1[C@H](OC)[C@@H](C)C(=O)N[C@H](C)[C@@H](O)c1ccccc1)OC)N(C)C(=O)[C@@H](NC(=O)[C@H](C(C)C)N(C)C(=O)OCc1ccc(O[C@@H]2O[C@H](C(=O)O)[C@@H](O)[C@H](O)[C@H]2O)c(NC(=O)CCN)c1)C(C)C. The number of benzene rings is 2. The predicted molar refractivity (Wildman–Crippen MR) is 292 cm³/mol. The van der Waals surface area contributed by atoms with Crippen molar-refractivity contribution in [2.75, 3.05) is 46.7 Å². The van der Waals surface area contributed by atoms with Crippen LogP contribution in [0, 0.1) is 23.7 Å². The van der Waals surface area contributed by atoms with Crippen molar-refractivity contribution in [3.05, 3.63) is 59.7 Å².